The fraction of sp³-hybridized carbons (Fsp3) is 0.444. The lowest BCUT2D eigenvalue weighted by molar-refractivity contribution is -0.0562. The Bertz CT molecular complexity index is 1200. The molecular weight excluding hydrogens is 416 g/mol. The number of fused-ring (bicyclic) bond motifs is 5. The summed E-state index contributed by atoms with van der Waals surface area (Å²) in [7, 11) is 1.67. The van der Waals surface area contributed by atoms with Gasteiger partial charge in [-0.15, -0.1) is 0 Å². The standard InChI is InChI=1S/C27H30N2O4/c1-3-16-14-29-9-8-17(16)10-24(29)27(30)21-13-23(18-4-7-25-26(11-18)33-15-32-25)28-22-6-5-19(31-2)12-20(21)22/h4-7,11-13,16-17,24,27,30H,3,8-10,14-15H2,1-2H3/t16?,17?,24?,27-/m1/s1. The van der Waals surface area contributed by atoms with Crippen LogP contribution in [0.2, 0.25) is 0 Å². The lowest BCUT2D eigenvalue weighted by atomic mass is 9.72. The second kappa shape index (κ2) is 8.19. The maximum atomic E-state index is 11.8. The third kappa shape index (κ3) is 3.52. The van der Waals surface area contributed by atoms with E-state index in [4.69, 9.17) is 19.2 Å². The number of hydrogen-bond acceptors (Lipinski definition) is 6. The molecule has 4 unspecified atom stereocenters. The number of methoxy groups -OCH3 is 1. The van der Waals surface area contributed by atoms with E-state index in [9.17, 15) is 5.11 Å². The zero-order valence-corrected chi connectivity index (χ0v) is 19.2. The highest BCUT2D eigenvalue weighted by Gasteiger charge is 2.42. The van der Waals surface area contributed by atoms with Crippen LogP contribution in [0.5, 0.6) is 17.2 Å². The summed E-state index contributed by atoms with van der Waals surface area (Å²) < 4.78 is 16.5. The van der Waals surface area contributed by atoms with Crippen molar-refractivity contribution in [3.8, 4) is 28.5 Å². The van der Waals surface area contributed by atoms with Crippen LogP contribution in [-0.2, 0) is 0 Å². The Morgan fingerprint density at radius 2 is 2.03 bits per heavy atom. The van der Waals surface area contributed by atoms with Crippen LogP contribution in [0.25, 0.3) is 22.2 Å². The normalized spacial score (nSPS) is 26.5. The van der Waals surface area contributed by atoms with E-state index >= 15 is 0 Å². The van der Waals surface area contributed by atoms with E-state index < -0.39 is 6.10 Å². The first-order chi connectivity index (χ1) is 16.1. The third-order valence-corrected chi connectivity index (χ3v) is 7.86. The summed E-state index contributed by atoms with van der Waals surface area (Å²) in [5.74, 6) is 3.70. The van der Waals surface area contributed by atoms with Crippen molar-refractivity contribution in [1.82, 2.24) is 9.88 Å². The number of nitrogens with zero attached hydrogens (tertiary/aromatic N) is 2. The average molecular weight is 447 g/mol. The van der Waals surface area contributed by atoms with E-state index in [1.807, 2.05) is 42.5 Å². The van der Waals surface area contributed by atoms with Crippen molar-refractivity contribution in [3.63, 3.8) is 0 Å². The molecule has 3 saturated heterocycles. The molecule has 0 amide bonds. The molecule has 4 aliphatic heterocycles. The molecule has 1 N–H and O–H groups in total. The molecular formula is C27H30N2O4. The first-order valence-corrected chi connectivity index (χ1v) is 12.0. The molecule has 5 atom stereocenters. The van der Waals surface area contributed by atoms with E-state index in [2.05, 4.69) is 11.8 Å². The molecule has 2 aromatic carbocycles. The SMILES string of the molecule is CCC1CN2CCC1CC2[C@H](O)c1cc(-c2ccc3c(c2)OCO3)nc2ccc(OC)cc12. The van der Waals surface area contributed by atoms with Crippen molar-refractivity contribution in [2.45, 2.75) is 38.3 Å². The fourth-order valence-corrected chi connectivity index (χ4v) is 5.98. The molecule has 0 spiro atoms. The van der Waals surface area contributed by atoms with Crippen LogP contribution in [-0.4, -0.2) is 48.0 Å². The molecule has 0 saturated carbocycles. The third-order valence-electron chi connectivity index (χ3n) is 7.86. The number of piperidine rings is 3. The van der Waals surface area contributed by atoms with Gasteiger partial charge in [0.25, 0.3) is 0 Å². The van der Waals surface area contributed by atoms with Gasteiger partial charge in [0.2, 0.25) is 6.79 Å². The summed E-state index contributed by atoms with van der Waals surface area (Å²) in [6.07, 6.45) is 2.92. The van der Waals surface area contributed by atoms with E-state index in [1.165, 1.54) is 12.8 Å². The average Bonchev–Trinajstić information content (AvgIpc) is 3.35. The topological polar surface area (TPSA) is 64.1 Å². The summed E-state index contributed by atoms with van der Waals surface area (Å²) in [4.78, 5) is 7.44. The zero-order valence-electron chi connectivity index (χ0n) is 19.2. The highest BCUT2D eigenvalue weighted by Crippen LogP contribution is 2.44. The summed E-state index contributed by atoms with van der Waals surface area (Å²) in [5.41, 5.74) is 3.53. The predicted octanol–water partition coefficient (Wildman–Crippen LogP) is 4.79. The Morgan fingerprint density at radius 1 is 1.15 bits per heavy atom. The second-order valence-corrected chi connectivity index (χ2v) is 9.51. The Balaban J connectivity index is 1.44. The second-order valence-electron chi connectivity index (χ2n) is 9.51. The van der Waals surface area contributed by atoms with Gasteiger partial charge in [-0.05, 0) is 79.3 Å². The van der Waals surface area contributed by atoms with Crippen molar-refractivity contribution in [2.75, 3.05) is 27.0 Å². The molecule has 0 aliphatic carbocycles. The van der Waals surface area contributed by atoms with E-state index in [-0.39, 0.29) is 12.8 Å². The van der Waals surface area contributed by atoms with Crippen LogP contribution in [0.4, 0.5) is 0 Å². The maximum Gasteiger partial charge on any atom is 0.231 e. The van der Waals surface area contributed by atoms with Crippen molar-refractivity contribution in [1.29, 1.82) is 0 Å². The van der Waals surface area contributed by atoms with Gasteiger partial charge in [0, 0.05) is 23.5 Å². The van der Waals surface area contributed by atoms with E-state index in [0.717, 1.165) is 70.4 Å². The Kier molecular flexibility index (Phi) is 5.15. The molecule has 6 nitrogen and oxygen atoms in total. The summed E-state index contributed by atoms with van der Waals surface area (Å²) >= 11 is 0. The first kappa shape index (κ1) is 20.8. The lowest BCUT2D eigenvalue weighted by Crippen LogP contribution is -2.55. The maximum absolute atomic E-state index is 11.8. The minimum absolute atomic E-state index is 0.132. The van der Waals surface area contributed by atoms with E-state index in [1.54, 1.807) is 7.11 Å². The van der Waals surface area contributed by atoms with Gasteiger partial charge in [-0.25, -0.2) is 4.98 Å². The summed E-state index contributed by atoms with van der Waals surface area (Å²) in [5, 5.41) is 12.7. The molecule has 4 aliphatic rings. The van der Waals surface area contributed by atoms with Crippen molar-refractivity contribution in [3.05, 3.63) is 48.0 Å². The fourth-order valence-electron chi connectivity index (χ4n) is 5.98. The number of ether oxygens (including phenoxy) is 3. The van der Waals surface area contributed by atoms with Crippen molar-refractivity contribution >= 4 is 10.9 Å². The van der Waals surface area contributed by atoms with Crippen LogP contribution >= 0.6 is 0 Å². The van der Waals surface area contributed by atoms with Gasteiger partial charge in [0.05, 0.1) is 24.4 Å². The number of aromatic nitrogens is 1. The smallest absolute Gasteiger partial charge is 0.231 e. The molecule has 1 aromatic heterocycles. The lowest BCUT2D eigenvalue weighted by Gasteiger charge is -2.51. The molecule has 0 radical (unpaired) electrons. The molecule has 2 bridgehead atoms. The Morgan fingerprint density at radius 3 is 2.82 bits per heavy atom. The van der Waals surface area contributed by atoms with Gasteiger partial charge in [0.15, 0.2) is 11.5 Å². The molecule has 7 rings (SSSR count). The van der Waals surface area contributed by atoms with Crippen LogP contribution in [0, 0.1) is 11.8 Å². The largest absolute Gasteiger partial charge is 0.497 e. The number of benzene rings is 2. The number of rotatable bonds is 5. The van der Waals surface area contributed by atoms with Crippen molar-refractivity contribution in [2.24, 2.45) is 11.8 Å². The predicted molar refractivity (Wildman–Crippen MR) is 127 cm³/mol. The van der Waals surface area contributed by atoms with Crippen LogP contribution < -0.4 is 14.2 Å². The number of aliphatic hydroxyl groups is 1. The quantitative estimate of drug-likeness (QED) is 0.608. The van der Waals surface area contributed by atoms with Gasteiger partial charge in [-0.3, -0.25) is 4.90 Å². The molecule has 3 aromatic rings. The van der Waals surface area contributed by atoms with Gasteiger partial charge >= 0.3 is 0 Å². The van der Waals surface area contributed by atoms with Gasteiger partial charge in [-0.1, -0.05) is 13.3 Å². The zero-order chi connectivity index (χ0) is 22.5. The number of aliphatic hydroxyl groups excluding tert-OH is 1. The van der Waals surface area contributed by atoms with Crippen LogP contribution in [0.1, 0.15) is 37.9 Å². The van der Waals surface area contributed by atoms with Crippen LogP contribution in [0.3, 0.4) is 0 Å². The highest BCUT2D eigenvalue weighted by molar-refractivity contribution is 5.87. The van der Waals surface area contributed by atoms with Crippen LogP contribution in [0.15, 0.2) is 42.5 Å². The number of pyridine rings is 1. The van der Waals surface area contributed by atoms with Gasteiger partial charge in [0.1, 0.15) is 5.75 Å². The van der Waals surface area contributed by atoms with E-state index in [0.29, 0.717) is 5.92 Å². The summed E-state index contributed by atoms with van der Waals surface area (Å²) in [6, 6.07) is 14.0. The molecule has 3 fully saturated rings. The minimum Gasteiger partial charge on any atom is -0.497 e. The highest BCUT2D eigenvalue weighted by atomic mass is 16.7. The Hall–Kier alpha value is -2.83. The summed E-state index contributed by atoms with van der Waals surface area (Å²) in [6.45, 7) is 4.69. The van der Waals surface area contributed by atoms with Gasteiger partial charge < -0.3 is 19.3 Å². The molecule has 172 valence electrons. The Labute approximate surface area is 194 Å². The van der Waals surface area contributed by atoms with Gasteiger partial charge in [-0.2, -0.15) is 0 Å². The monoisotopic (exact) mass is 446 g/mol. The van der Waals surface area contributed by atoms with Crippen molar-refractivity contribution < 1.29 is 19.3 Å². The molecule has 5 heterocycles. The molecule has 33 heavy (non-hydrogen) atoms. The molecule has 6 heteroatoms. The minimum atomic E-state index is -0.587. The first-order valence-electron chi connectivity index (χ1n) is 12.0. The number of hydrogen-bond donors (Lipinski definition) is 1.